The second kappa shape index (κ2) is 12.7. The molecule has 0 amide bonds. The molecule has 4 aromatic carbocycles. The van der Waals surface area contributed by atoms with E-state index in [4.69, 9.17) is 9.84 Å². The summed E-state index contributed by atoms with van der Waals surface area (Å²) in [5, 5.41) is 7.15. The number of benzene rings is 4. The number of hydrogen-bond acceptors (Lipinski definition) is 3. The zero-order valence-corrected chi connectivity index (χ0v) is 30.7. The summed E-state index contributed by atoms with van der Waals surface area (Å²) in [6.45, 7) is 14.1. The molecule has 0 aliphatic heterocycles. The number of hydrogen-bond donors (Lipinski definition) is 0. The van der Waals surface area contributed by atoms with Gasteiger partial charge in [-0.3, -0.25) is 4.68 Å². The molecule has 0 fully saturated rings. The Hall–Kier alpha value is -4.61. The van der Waals surface area contributed by atoms with Crippen LogP contribution in [-0.4, -0.2) is 19.3 Å². The molecule has 0 N–H and O–H groups in total. The van der Waals surface area contributed by atoms with Gasteiger partial charge in [-0.15, -0.1) is 35.7 Å². The standard InChI is InChI=1S/C41H36F2N4O.Pt/c1-25-20-21-44-35(22-25)46-33-17-9-8-14-29(33)30-19-18-28(24-34(30)46)48-27-13-10-12-26(23-27)47-39(41(5,6)7)37(38(45-47)40(2,3)4)36-31(42)15-11-16-32(36)43;/h8-22H,1-7H3;/q-2;+2. The van der Waals surface area contributed by atoms with Gasteiger partial charge in [0.25, 0.3) is 0 Å². The van der Waals surface area contributed by atoms with Gasteiger partial charge >= 0.3 is 21.1 Å². The van der Waals surface area contributed by atoms with E-state index in [1.807, 2.05) is 103 Å². The molecule has 0 unspecified atom stereocenters. The van der Waals surface area contributed by atoms with E-state index in [2.05, 4.69) is 39.9 Å². The molecule has 7 aromatic rings. The second-order valence-corrected chi connectivity index (χ2v) is 14.2. The van der Waals surface area contributed by atoms with Crippen LogP contribution in [0.2, 0.25) is 0 Å². The van der Waals surface area contributed by atoms with Crippen LogP contribution in [0.5, 0.6) is 11.5 Å². The number of ether oxygens (including phenoxy) is 1. The van der Waals surface area contributed by atoms with Crippen LogP contribution >= 0.6 is 0 Å². The van der Waals surface area contributed by atoms with Crippen LogP contribution in [0.3, 0.4) is 0 Å². The summed E-state index contributed by atoms with van der Waals surface area (Å²) in [5.74, 6) is 0.499. The van der Waals surface area contributed by atoms with E-state index in [1.54, 1.807) is 4.68 Å². The van der Waals surface area contributed by atoms with Crippen molar-refractivity contribution in [1.82, 2.24) is 19.3 Å². The summed E-state index contributed by atoms with van der Waals surface area (Å²) in [6.07, 6.45) is 1.81. The molecule has 49 heavy (non-hydrogen) atoms. The second-order valence-electron chi connectivity index (χ2n) is 14.2. The molecule has 0 saturated heterocycles. The minimum atomic E-state index is -0.629. The number of rotatable bonds is 5. The molecule has 3 heterocycles. The maximum absolute atomic E-state index is 15.4. The third-order valence-corrected chi connectivity index (χ3v) is 8.41. The molecule has 7 rings (SSSR count). The van der Waals surface area contributed by atoms with E-state index in [-0.39, 0.29) is 26.6 Å². The smallest absolute Gasteiger partial charge is 0.509 e. The molecule has 0 saturated carbocycles. The summed E-state index contributed by atoms with van der Waals surface area (Å²) in [5.41, 5.74) is 4.15. The maximum atomic E-state index is 15.4. The Morgan fingerprint density at radius 1 is 0.714 bits per heavy atom. The predicted octanol–water partition coefficient (Wildman–Crippen LogP) is 10.6. The molecule has 5 nitrogen and oxygen atoms in total. The van der Waals surface area contributed by atoms with Gasteiger partial charge < -0.3 is 9.30 Å². The molecular weight excluding hydrogens is 798 g/mol. The van der Waals surface area contributed by atoms with Crippen LogP contribution in [0, 0.1) is 30.7 Å². The van der Waals surface area contributed by atoms with Gasteiger partial charge in [-0.25, -0.2) is 13.8 Å². The first-order valence-electron chi connectivity index (χ1n) is 16.0. The number of pyridine rings is 1. The quantitative estimate of drug-likeness (QED) is 0.162. The van der Waals surface area contributed by atoms with Crippen molar-refractivity contribution in [2.45, 2.75) is 59.3 Å². The average molecular weight is 834 g/mol. The van der Waals surface area contributed by atoms with Gasteiger partial charge in [0.05, 0.1) is 17.0 Å². The summed E-state index contributed by atoms with van der Waals surface area (Å²) < 4.78 is 41.1. The van der Waals surface area contributed by atoms with Crippen molar-refractivity contribution in [3.05, 3.63) is 132 Å². The van der Waals surface area contributed by atoms with E-state index in [9.17, 15) is 0 Å². The van der Waals surface area contributed by atoms with Crippen molar-refractivity contribution in [2.24, 2.45) is 0 Å². The van der Waals surface area contributed by atoms with Gasteiger partial charge in [0.15, 0.2) is 0 Å². The minimum Gasteiger partial charge on any atom is -0.509 e. The number of para-hydroxylation sites is 1. The summed E-state index contributed by atoms with van der Waals surface area (Å²) in [4.78, 5) is 4.67. The van der Waals surface area contributed by atoms with Gasteiger partial charge in [0, 0.05) is 39.6 Å². The molecule has 0 bridgehead atoms. The number of halogens is 2. The molecule has 0 atom stereocenters. The van der Waals surface area contributed by atoms with Crippen LogP contribution < -0.4 is 4.74 Å². The fourth-order valence-corrected chi connectivity index (χ4v) is 6.34. The minimum absolute atomic E-state index is 0. The Kier molecular flexibility index (Phi) is 8.87. The van der Waals surface area contributed by atoms with Crippen LogP contribution in [0.4, 0.5) is 8.78 Å². The summed E-state index contributed by atoms with van der Waals surface area (Å²) >= 11 is 0. The number of fused-ring (bicyclic) bond motifs is 3. The third kappa shape index (κ3) is 6.21. The van der Waals surface area contributed by atoms with E-state index in [0.29, 0.717) is 34.1 Å². The van der Waals surface area contributed by atoms with E-state index in [1.165, 1.54) is 18.2 Å². The van der Waals surface area contributed by atoms with Gasteiger partial charge in [0.1, 0.15) is 17.5 Å². The summed E-state index contributed by atoms with van der Waals surface area (Å²) in [7, 11) is 0. The van der Waals surface area contributed by atoms with Crippen LogP contribution in [0.25, 0.3) is 44.4 Å². The Morgan fingerprint density at radius 2 is 1.41 bits per heavy atom. The fourth-order valence-electron chi connectivity index (χ4n) is 6.34. The Morgan fingerprint density at radius 3 is 2.10 bits per heavy atom. The topological polar surface area (TPSA) is 44.9 Å². The average Bonchev–Trinajstić information content (AvgIpc) is 3.58. The SMILES string of the molecule is Cc1ccnc(-n2c3[c-]c(Oc4[c-]c(-n5nc(C(C)(C)C)c(-c6c(F)cccc6F)c5C(C)(C)C)ccc4)ccc3c3ccccc32)c1.[Pt+2]. The summed E-state index contributed by atoms with van der Waals surface area (Å²) in [6, 6.07) is 32.6. The molecule has 0 spiro atoms. The molecule has 0 aliphatic rings. The zero-order chi connectivity index (χ0) is 34.0. The molecule has 8 heteroatoms. The van der Waals surface area contributed by atoms with Gasteiger partial charge in [-0.05, 0) is 53.9 Å². The maximum Gasteiger partial charge on any atom is 2.00 e. The first-order chi connectivity index (χ1) is 22.8. The van der Waals surface area contributed by atoms with E-state index in [0.717, 1.165) is 33.2 Å². The van der Waals surface area contributed by atoms with Crippen molar-refractivity contribution in [1.29, 1.82) is 0 Å². The van der Waals surface area contributed by atoms with Gasteiger partial charge in [-0.1, -0.05) is 71.3 Å². The largest absolute Gasteiger partial charge is 2.00 e. The van der Waals surface area contributed by atoms with Crippen LogP contribution in [0.15, 0.2) is 91.1 Å². The molecular formula is C41H36F2N4OPt. The van der Waals surface area contributed by atoms with E-state index < -0.39 is 22.5 Å². The number of aromatic nitrogens is 4. The first kappa shape index (κ1) is 34.3. The van der Waals surface area contributed by atoms with Gasteiger partial charge in [-0.2, -0.15) is 17.2 Å². The monoisotopic (exact) mass is 833 g/mol. The molecule has 3 aromatic heterocycles. The van der Waals surface area contributed by atoms with E-state index >= 15 is 8.78 Å². The van der Waals surface area contributed by atoms with Crippen LogP contribution in [0.1, 0.15) is 58.5 Å². The first-order valence-corrected chi connectivity index (χ1v) is 16.0. The van der Waals surface area contributed by atoms with Crippen molar-refractivity contribution in [2.75, 3.05) is 0 Å². The van der Waals surface area contributed by atoms with Crippen molar-refractivity contribution >= 4 is 21.8 Å². The zero-order valence-electron chi connectivity index (χ0n) is 28.4. The molecule has 0 radical (unpaired) electrons. The number of nitrogens with zero attached hydrogens (tertiary/aromatic N) is 4. The molecule has 0 aliphatic carbocycles. The Balaban J connectivity index is 0.00000417. The van der Waals surface area contributed by atoms with Crippen LogP contribution in [-0.2, 0) is 31.9 Å². The fraction of sp³-hybridized carbons (Fsp3) is 0.220. The molecule has 250 valence electrons. The van der Waals surface area contributed by atoms with Gasteiger partial charge in [0.2, 0.25) is 0 Å². The third-order valence-electron chi connectivity index (χ3n) is 8.41. The number of aryl methyl sites for hydroxylation is 1. The van der Waals surface area contributed by atoms with Crippen molar-refractivity contribution < 1.29 is 34.6 Å². The Labute approximate surface area is 299 Å². The van der Waals surface area contributed by atoms with Crippen molar-refractivity contribution in [3.63, 3.8) is 0 Å². The van der Waals surface area contributed by atoms with Crippen molar-refractivity contribution in [3.8, 4) is 34.1 Å². The normalized spacial score (nSPS) is 12.0. The Bertz CT molecular complexity index is 2320. The predicted molar refractivity (Wildman–Crippen MR) is 187 cm³/mol.